The average molecular weight is 392 g/mol. The highest BCUT2D eigenvalue weighted by molar-refractivity contribution is 7.92. The lowest BCUT2D eigenvalue weighted by Crippen LogP contribution is -2.13. The maximum absolute atomic E-state index is 13.2. The first kappa shape index (κ1) is 18.2. The minimum absolute atomic E-state index is 0.125. The van der Waals surface area contributed by atoms with Gasteiger partial charge in [-0.1, -0.05) is 48.0 Å². The summed E-state index contributed by atoms with van der Waals surface area (Å²) in [4.78, 5) is -0.125. The van der Waals surface area contributed by atoms with Gasteiger partial charge in [0, 0.05) is 6.07 Å². The topological polar surface area (TPSA) is 55.4 Å². The summed E-state index contributed by atoms with van der Waals surface area (Å²) in [5.74, 6) is -0.159. The Morgan fingerprint density at radius 3 is 2.46 bits per heavy atom. The Bertz CT molecular complexity index is 1010. The van der Waals surface area contributed by atoms with E-state index in [9.17, 15) is 12.8 Å². The third-order valence-electron chi connectivity index (χ3n) is 3.54. The van der Waals surface area contributed by atoms with Gasteiger partial charge in [0.2, 0.25) is 0 Å². The number of ether oxygens (including phenoxy) is 1. The summed E-state index contributed by atoms with van der Waals surface area (Å²) < 4.78 is 46.2. The SMILES string of the molecule is O=S(=O)(Nc1cccc(OCc2ccccc2)c1)c1ccc(F)c(Cl)c1. The third kappa shape index (κ3) is 4.53. The van der Waals surface area contributed by atoms with Crippen LogP contribution in [0.25, 0.3) is 0 Å². The van der Waals surface area contributed by atoms with E-state index in [4.69, 9.17) is 16.3 Å². The number of rotatable bonds is 6. The van der Waals surface area contributed by atoms with Crippen LogP contribution in [0, 0.1) is 5.82 Å². The molecule has 0 fully saturated rings. The van der Waals surface area contributed by atoms with Crippen molar-refractivity contribution in [1.82, 2.24) is 0 Å². The molecular weight excluding hydrogens is 377 g/mol. The monoisotopic (exact) mass is 391 g/mol. The van der Waals surface area contributed by atoms with E-state index >= 15 is 0 Å². The molecule has 7 heteroatoms. The number of hydrogen-bond donors (Lipinski definition) is 1. The van der Waals surface area contributed by atoms with Crippen LogP contribution in [0.15, 0.2) is 77.7 Å². The van der Waals surface area contributed by atoms with Gasteiger partial charge < -0.3 is 4.74 Å². The van der Waals surface area contributed by atoms with E-state index in [1.165, 1.54) is 0 Å². The highest BCUT2D eigenvalue weighted by atomic mass is 35.5. The fourth-order valence-electron chi connectivity index (χ4n) is 2.25. The van der Waals surface area contributed by atoms with Crippen molar-refractivity contribution in [1.29, 1.82) is 0 Å². The quantitative estimate of drug-likeness (QED) is 0.652. The van der Waals surface area contributed by atoms with Gasteiger partial charge >= 0.3 is 0 Å². The van der Waals surface area contributed by atoms with Crippen molar-refractivity contribution >= 4 is 27.3 Å². The van der Waals surface area contributed by atoms with Crippen LogP contribution in [0.1, 0.15) is 5.56 Å². The van der Waals surface area contributed by atoms with Crippen molar-refractivity contribution < 1.29 is 17.5 Å². The van der Waals surface area contributed by atoms with Gasteiger partial charge in [-0.05, 0) is 35.9 Å². The first-order valence-electron chi connectivity index (χ1n) is 7.69. The van der Waals surface area contributed by atoms with Gasteiger partial charge in [-0.15, -0.1) is 0 Å². The molecule has 3 aromatic rings. The van der Waals surface area contributed by atoms with Gasteiger partial charge in [0.1, 0.15) is 18.2 Å². The van der Waals surface area contributed by atoms with Crippen molar-refractivity contribution in [2.75, 3.05) is 4.72 Å². The van der Waals surface area contributed by atoms with Crippen molar-refractivity contribution in [3.8, 4) is 5.75 Å². The van der Waals surface area contributed by atoms with Crippen molar-refractivity contribution in [3.05, 3.63) is 89.2 Å². The zero-order valence-electron chi connectivity index (χ0n) is 13.5. The van der Waals surface area contributed by atoms with Gasteiger partial charge in [-0.2, -0.15) is 0 Å². The molecule has 3 rings (SSSR count). The van der Waals surface area contributed by atoms with Crippen LogP contribution in [-0.4, -0.2) is 8.42 Å². The number of sulfonamides is 1. The van der Waals surface area contributed by atoms with E-state index in [-0.39, 0.29) is 9.92 Å². The Morgan fingerprint density at radius 2 is 1.73 bits per heavy atom. The number of benzene rings is 3. The Morgan fingerprint density at radius 1 is 0.962 bits per heavy atom. The molecule has 0 unspecified atom stereocenters. The fourth-order valence-corrected chi connectivity index (χ4v) is 3.57. The second kappa shape index (κ2) is 7.76. The summed E-state index contributed by atoms with van der Waals surface area (Å²) in [6, 6.07) is 19.4. The van der Waals surface area contributed by atoms with E-state index < -0.39 is 15.8 Å². The van der Waals surface area contributed by atoms with Crippen LogP contribution in [0.3, 0.4) is 0 Å². The second-order valence-electron chi connectivity index (χ2n) is 5.48. The van der Waals surface area contributed by atoms with E-state index in [0.717, 1.165) is 23.8 Å². The first-order chi connectivity index (χ1) is 12.4. The lowest BCUT2D eigenvalue weighted by Gasteiger charge is -2.11. The molecule has 134 valence electrons. The molecule has 0 amide bonds. The number of nitrogens with one attached hydrogen (secondary N) is 1. The van der Waals surface area contributed by atoms with Crippen LogP contribution in [-0.2, 0) is 16.6 Å². The zero-order chi connectivity index (χ0) is 18.6. The summed E-state index contributed by atoms with van der Waals surface area (Å²) in [5, 5.41) is -0.257. The van der Waals surface area contributed by atoms with Gasteiger partial charge in [-0.3, -0.25) is 4.72 Å². The smallest absolute Gasteiger partial charge is 0.261 e. The summed E-state index contributed by atoms with van der Waals surface area (Å²) in [6.45, 7) is 0.366. The van der Waals surface area contributed by atoms with Crippen molar-refractivity contribution in [2.24, 2.45) is 0 Å². The van der Waals surface area contributed by atoms with Crippen LogP contribution in [0.4, 0.5) is 10.1 Å². The number of halogens is 2. The molecule has 0 saturated heterocycles. The zero-order valence-corrected chi connectivity index (χ0v) is 15.1. The molecule has 0 aliphatic heterocycles. The van der Waals surface area contributed by atoms with Gasteiger partial charge in [0.05, 0.1) is 15.6 Å². The molecule has 0 radical (unpaired) electrons. The Hall–Kier alpha value is -2.57. The van der Waals surface area contributed by atoms with Crippen molar-refractivity contribution in [2.45, 2.75) is 11.5 Å². The standard InChI is InChI=1S/C19H15ClFNO3S/c20-18-12-17(9-10-19(18)21)26(23,24)22-15-7-4-8-16(11-15)25-13-14-5-2-1-3-6-14/h1-12,22H,13H2. The van der Waals surface area contributed by atoms with E-state index in [1.807, 2.05) is 30.3 Å². The molecule has 0 aliphatic carbocycles. The maximum atomic E-state index is 13.2. The summed E-state index contributed by atoms with van der Waals surface area (Å²) in [6.07, 6.45) is 0. The summed E-state index contributed by atoms with van der Waals surface area (Å²) in [7, 11) is -3.89. The van der Waals surface area contributed by atoms with Crippen LogP contribution < -0.4 is 9.46 Å². The van der Waals surface area contributed by atoms with Gasteiger partial charge in [0.25, 0.3) is 10.0 Å². The minimum Gasteiger partial charge on any atom is -0.489 e. The predicted octanol–water partition coefficient (Wildman–Crippen LogP) is 4.86. The normalized spacial score (nSPS) is 11.2. The first-order valence-corrected chi connectivity index (χ1v) is 9.55. The second-order valence-corrected chi connectivity index (χ2v) is 7.57. The molecule has 0 saturated carbocycles. The molecule has 0 spiro atoms. The van der Waals surface area contributed by atoms with Crippen LogP contribution in [0.2, 0.25) is 5.02 Å². The number of anilines is 1. The fraction of sp³-hybridized carbons (Fsp3) is 0.0526. The Balaban J connectivity index is 1.74. The molecule has 4 nitrogen and oxygen atoms in total. The van der Waals surface area contributed by atoms with Crippen molar-refractivity contribution in [3.63, 3.8) is 0 Å². The summed E-state index contributed by atoms with van der Waals surface area (Å²) in [5.41, 5.74) is 1.33. The number of hydrogen-bond acceptors (Lipinski definition) is 3. The predicted molar refractivity (Wildman–Crippen MR) is 99.4 cm³/mol. The van der Waals surface area contributed by atoms with Gasteiger partial charge in [0.15, 0.2) is 0 Å². The minimum atomic E-state index is -3.89. The molecule has 0 heterocycles. The Kier molecular flexibility index (Phi) is 5.44. The molecule has 0 aliphatic rings. The molecule has 3 aromatic carbocycles. The Labute approximate surface area is 156 Å². The maximum Gasteiger partial charge on any atom is 0.261 e. The highest BCUT2D eigenvalue weighted by Gasteiger charge is 2.16. The van der Waals surface area contributed by atoms with E-state index in [0.29, 0.717) is 18.0 Å². The largest absolute Gasteiger partial charge is 0.489 e. The molecule has 1 N–H and O–H groups in total. The van der Waals surface area contributed by atoms with E-state index in [1.54, 1.807) is 24.3 Å². The molecule has 0 bridgehead atoms. The molecule has 0 atom stereocenters. The van der Waals surface area contributed by atoms with Gasteiger partial charge in [-0.25, -0.2) is 12.8 Å². The average Bonchev–Trinajstić information content (AvgIpc) is 2.63. The molecular formula is C19H15ClFNO3S. The summed E-state index contributed by atoms with van der Waals surface area (Å²) >= 11 is 5.66. The molecule has 26 heavy (non-hydrogen) atoms. The van der Waals surface area contributed by atoms with Crippen LogP contribution >= 0.6 is 11.6 Å². The lowest BCUT2D eigenvalue weighted by molar-refractivity contribution is 0.306. The van der Waals surface area contributed by atoms with E-state index in [2.05, 4.69) is 4.72 Å². The lowest BCUT2D eigenvalue weighted by atomic mass is 10.2. The van der Waals surface area contributed by atoms with Crippen LogP contribution in [0.5, 0.6) is 5.75 Å². The molecule has 0 aromatic heterocycles. The highest BCUT2D eigenvalue weighted by Crippen LogP contribution is 2.24. The third-order valence-corrected chi connectivity index (χ3v) is 5.20.